The molecule has 0 bridgehead atoms. The van der Waals surface area contributed by atoms with Gasteiger partial charge in [-0.25, -0.2) is 0 Å². The molecule has 0 aromatic rings. The summed E-state index contributed by atoms with van der Waals surface area (Å²) in [7, 11) is 0. The standard InChI is InChI=1S/C10H17F3O/c1-3-4-8(2)7-9(14)5-6-10(11,12)13/h8H,3-7H2,1-2H3. The average Bonchev–Trinajstić information content (AvgIpc) is 2.00. The van der Waals surface area contributed by atoms with Crippen molar-refractivity contribution in [2.24, 2.45) is 5.92 Å². The van der Waals surface area contributed by atoms with Gasteiger partial charge in [0, 0.05) is 12.8 Å². The van der Waals surface area contributed by atoms with Crippen LogP contribution in [0, 0.1) is 5.92 Å². The maximum atomic E-state index is 11.7. The second-order valence-electron chi connectivity index (χ2n) is 3.75. The molecule has 0 fully saturated rings. The second-order valence-corrected chi connectivity index (χ2v) is 3.75. The van der Waals surface area contributed by atoms with Crippen molar-refractivity contribution in [2.45, 2.75) is 52.1 Å². The van der Waals surface area contributed by atoms with Crippen LogP contribution in [0.5, 0.6) is 0 Å². The van der Waals surface area contributed by atoms with Crippen LogP contribution in [0.3, 0.4) is 0 Å². The Labute approximate surface area is 82.7 Å². The third kappa shape index (κ3) is 8.08. The molecule has 0 aliphatic heterocycles. The van der Waals surface area contributed by atoms with Crippen LogP contribution in [0.4, 0.5) is 13.2 Å². The Morgan fingerprint density at radius 1 is 1.36 bits per heavy atom. The molecule has 1 atom stereocenters. The van der Waals surface area contributed by atoms with E-state index in [9.17, 15) is 18.0 Å². The van der Waals surface area contributed by atoms with E-state index in [1.807, 2.05) is 13.8 Å². The molecule has 0 saturated carbocycles. The number of carbonyl (C=O) groups excluding carboxylic acids is 1. The largest absolute Gasteiger partial charge is 0.389 e. The molecular weight excluding hydrogens is 193 g/mol. The Morgan fingerprint density at radius 3 is 2.36 bits per heavy atom. The molecule has 0 radical (unpaired) electrons. The molecule has 1 unspecified atom stereocenters. The van der Waals surface area contributed by atoms with Gasteiger partial charge in [-0.1, -0.05) is 26.7 Å². The van der Waals surface area contributed by atoms with Crippen molar-refractivity contribution >= 4 is 5.78 Å². The lowest BCUT2D eigenvalue weighted by molar-refractivity contribution is -0.143. The first kappa shape index (κ1) is 13.5. The van der Waals surface area contributed by atoms with Crippen LogP contribution < -0.4 is 0 Å². The molecule has 0 spiro atoms. The number of hydrogen-bond donors (Lipinski definition) is 0. The van der Waals surface area contributed by atoms with E-state index in [1.54, 1.807) is 0 Å². The normalized spacial score (nSPS) is 14.1. The van der Waals surface area contributed by atoms with Gasteiger partial charge < -0.3 is 0 Å². The zero-order valence-electron chi connectivity index (χ0n) is 8.66. The molecule has 84 valence electrons. The van der Waals surface area contributed by atoms with Gasteiger partial charge in [-0.2, -0.15) is 13.2 Å². The fourth-order valence-electron chi connectivity index (χ4n) is 1.37. The SMILES string of the molecule is CCCC(C)CC(=O)CCC(F)(F)F. The van der Waals surface area contributed by atoms with Crippen molar-refractivity contribution < 1.29 is 18.0 Å². The van der Waals surface area contributed by atoms with Gasteiger partial charge in [0.05, 0.1) is 6.42 Å². The van der Waals surface area contributed by atoms with Crippen molar-refractivity contribution in [1.82, 2.24) is 0 Å². The van der Waals surface area contributed by atoms with Gasteiger partial charge in [0.25, 0.3) is 0 Å². The van der Waals surface area contributed by atoms with Crippen molar-refractivity contribution in [3.05, 3.63) is 0 Å². The molecule has 0 saturated heterocycles. The Balaban J connectivity index is 3.65. The molecular formula is C10H17F3O. The topological polar surface area (TPSA) is 17.1 Å². The minimum absolute atomic E-state index is 0.209. The second kappa shape index (κ2) is 6.04. The highest BCUT2D eigenvalue weighted by molar-refractivity contribution is 5.78. The zero-order chi connectivity index (χ0) is 11.2. The van der Waals surface area contributed by atoms with Crippen molar-refractivity contribution in [3.63, 3.8) is 0 Å². The summed E-state index contributed by atoms with van der Waals surface area (Å²) in [5.74, 6) is -0.0657. The fourth-order valence-corrected chi connectivity index (χ4v) is 1.37. The van der Waals surface area contributed by atoms with Crippen molar-refractivity contribution in [1.29, 1.82) is 0 Å². The van der Waals surface area contributed by atoms with Crippen molar-refractivity contribution in [2.75, 3.05) is 0 Å². The van der Waals surface area contributed by atoms with E-state index >= 15 is 0 Å². The number of halogens is 3. The molecule has 1 nitrogen and oxygen atoms in total. The van der Waals surface area contributed by atoms with Crippen LogP contribution >= 0.6 is 0 Å². The monoisotopic (exact) mass is 210 g/mol. The Hall–Kier alpha value is -0.540. The summed E-state index contributed by atoms with van der Waals surface area (Å²) in [6.07, 6.45) is -3.40. The maximum Gasteiger partial charge on any atom is 0.389 e. The Kier molecular flexibility index (Phi) is 5.81. The maximum absolute atomic E-state index is 11.7. The summed E-state index contributed by atoms with van der Waals surface area (Å²) >= 11 is 0. The van der Waals surface area contributed by atoms with Crippen LogP contribution in [0.2, 0.25) is 0 Å². The highest BCUT2D eigenvalue weighted by atomic mass is 19.4. The first-order chi connectivity index (χ1) is 6.35. The van der Waals surface area contributed by atoms with E-state index < -0.39 is 12.6 Å². The third-order valence-corrected chi connectivity index (χ3v) is 2.04. The van der Waals surface area contributed by atoms with Gasteiger partial charge in [0.1, 0.15) is 5.78 Å². The summed E-state index contributed by atoms with van der Waals surface area (Å²) < 4.78 is 35.2. The molecule has 0 aromatic carbocycles. The number of hydrogen-bond acceptors (Lipinski definition) is 1. The molecule has 0 aromatic heterocycles. The van der Waals surface area contributed by atoms with Crippen molar-refractivity contribution in [3.8, 4) is 0 Å². The first-order valence-corrected chi connectivity index (χ1v) is 4.93. The van der Waals surface area contributed by atoms with Crippen LogP contribution in [0.1, 0.15) is 46.0 Å². The molecule has 14 heavy (non-hydrogen) atoms. The Morgan fingerprint density at radius 2 is 1.93 bits per heavy atom. The highest BCUT2D eigenvalue weighted by Crippen LogP contribution is 2.22. The van der Waals surface area contributed by atoms with Gasteiger partial charge in [-0.3, -0.25) is 4.79 Å². The lowest BCUT2D eigenvalue weighted by atomic mass is 9.98. The Bertz CT molecular complexity index is 175. The molecule has 0 amide bonds. The first-order valence-electron chi connectivity index (χ1n) is 4.93. The van der Waals surface area contributed by atoms with Gasteiger partial charge in [-0.15, -0.1) is 0 Å². The zero-order valence-corrected chi connectivity index (χ0v) is 8.66. The summed E-state index contributed by atoms with van der Waals surface area (Å²) in [6, 6.07) is 0. The van der Waals surface area contributed by atoms with E-state index in [0.717, 1.165) is 12.8 Å². The summed E-state index contributed by atoms with van der Waals surface area (Å²) in [6.45, 7) is 3.89. The third-order valence-electron chi connectivity index (χ3n) is 2.04. The minimum atomic E-state index is -4.20. The average molecular weight is 210 g/mol. The molecule has 0 N–H and O–H groups in total. The number of alkyl halides is 3. The van der Waals surface area contributed by atoms with Crippen LogP contribution in [0.15, 0.2) is 0 Å². The van der Waals surface area contributed by atoms with E-state index in [2.05, 4.69) is 0 Å². The number of carbonyl (C=O) groups is 1. The van der Waals surface area contributed by atoms with E-state index in [1.165, 1.54) is 0 Å². The highest BCUT2D eigenvalue weighted by Gasteiger charge is 2.27. The summed E-state index contributed by atoms with van der Waals surface area (Å²) in [5.41, 5.74) is 0. The smallest absolute Gasteiger partial charge is 0.300 e. The molecule has 0 aliphatic rings. The molecule has 0 rings (SSSR count). The van der Waals surface area contributed by atoms with E-state index in [4.69, 9.17) is 0 Å². The van der Waals surface area contributed by atoms with E-state index in [0.29, 0.717) is 0 Å². The summed E-state index contributed by atoms with van der Waals surface area (Å²) in [4.78, 5) is 11.1. The molecule has 0 heterocycles. The molecule has 0 aliphatic carbocycles. The lowest BCUT2D eigenvalue weighted by Crippen LogP contribution is -2.12. The van der Waals surface area contributed by atoms with Gasteiger partial charge in [0.15, 0.2) is 0 Å². The molecule has 4 heteroatoms. The fraction of sp³-hybridized carbons (Fsp3) is 0.900. The van der Waals surface area contributed by atoms with Gasteiger partial charge in [0.2, 0.25) is 0 Å². The predicted molar refractivity (Wildman–Crippen MR) is 49.0 cm³/mol. The predicted octanol–water partition coefficient (Wildman–Crippen LogP) is 3.72. The van der Waals surface area contributed by atoms with Gasteiger partial charge in [-0.05, 0) is 5.92 Å². The summed E-state index contributed by atoms with van der Waals surface area (Å²) in [5, 5.41) is 0. The van der Waals surface area contributed by atoms with Gasteiger partial charge >= 0.3 is 6.18 Å². The van der Waals surface area contributed by atoms with Crippen LogP contribution in [-0.2, 0) is 4.79 Å². The van der Waals surface area contributed by atoms with Crippen LogP contribution in [-0.4, -0.2) is 12.0 Å². The number of Topliss-reactive ketones (excluding diaryl/α,β-unsaturated/α-hetero) is 1. The van der Waals surface area contributed by atoms with E-state index in [-0.39, 0.29) is 24.5 Å². The minimum Gasteiger partial charge on any atom is -0.300 e. The number of ketones is 1. The number of rotatable bonds is 6. The lowest BCUT2D eigenvalue weighted by Gasteiger charge is -2.09. The quantitative estimate of drug-likeness (QED) is 0.653. The van der Waals surface area contributed by atoms with Crippen LogP contribution in [0.25, 0.3) is 0 Å².